The van der Waals surface area contributed by atoms with Gasteiger partial charge in [-0.3, -0.25) is 9.59 Å². The Hall–Kier alpha value is -1.10. The standard InChI is InChI=1S/C16H29NO4/c1-13(21-14-9-5-2-3-6-10-14)16(20)17-12-8-4-7-11-15(18)19/h13-14H,2-12H2,1H3,(H,17,20)(H,18,19). The smallest absolute Gasteiger partial charge is 0.303 e. The molecular weight excluding hydrogens is 270 g/mol. The summed E-state index contributed by atoms with van der Waals surface area (Å²) in [6, 6.07) is 0. The Morgan fingerprint density at radius 3 is 2.43 bits per heavy atom. The van der Waals surface area contributed by atoms with E-state index in [4.69, 9.17) is 9.84 Å². The van der Waals surface area contributed by atoms with Crippen LogP contribution in [-0.2, 0) is 14.3 Å². The lowest BCUT2D eigenvalue weighted by Crippen LogP contribution is -2.37. The molecule has 1 aliphatic carbocycles. The molecule has 0 aromatic carbocycles. The van der Waals surface area contributed by atoms with E-state index in [-0.39, 0.29) is 18.4 Å². The molecule has 0 aliphatic heterocycles. The molecule has 122 valence electrons. The summed E-state index contributed by atoms with van der Waals surface area (Å²) in [6.07, 6.45) is 9.41. The monoisotopic (exact) mass is 299 g/mol. The Morgan fingerprint density at radius 2 is 1.81 bits per heavy atom. The molecule has 1 unspecified atom stereocenters. The van der Waals surface area contributed by atoms with Crippen molar-refractivity contribution in [1.29, 1.82) is 0 Å². The van der Waals surface area contributed by atoms with Gasteiger partial charge in [-0.15, -0.1) is 0 Å². The predicted octanol–water partition coefficient (Wildman–Crippen LogP) is 2.88. The summed E-state index contributed by atoms with van der Waals surface area (Å²) in [7, 11) is 0. The number of unbranched alkanes of at least 4 members (excludes halogenated alkanes) is 2. The topological polar surface area (TPSA) is 75.6 Å². The number of carboxylic acid groups (broad SMARTS) is 1. The molecule has 1 saturated carbocycles. The average Bonchev–Trinajstić information content (AvgIpc) is 2.70. The first-order valence-electron chi connectivity index (χ1n) is 8.24. The number of carboxylic acids is 1. The molecule has 1 atom stereocenters. The summed E-state index contributed by atoms with van der Waals surface area (Å²) in [5, 5.41) is 11.4. The molecule has 5 nitrogen and oxygen atoms in total. The maximum atomic E-state index is 11.9. The summed E-state index contributed by atoms with van der Waals surface area (Å²) in [4.78, 5) is 22.3. The Bertz CT molecular complexity index is 311. The van der Waals surface area contributed by atoms with E-state index in [9.17, 15) is 9.59 Å². The number of carbonyl (C=O) groups excluding carboxylic acids is 1. The molecule has 5 heteroatoms. The number of hydrogen-bond acceptors (Lipinski definition) is 3. The van der Waals surface area contributed by atoms with Crippen LogP contribution in [-0.4, -0.2) is 35.7 Å². The van der Waals surface area contributed by atoms with Crippen LogP contribution in [0.3, 0.4) is 0 Å². The van der Waals surface area contributed by atoms with E-state index in [1.54, 1.807) is 0 Å². The van der Waals surface area contributed by atoms with Crippen LogP contribution in [0.5, 0.6) is 0 Å². The summed E-state index contributed by atoms with van der Waals surface area (Å²) >= 11 is 0. The van der Waals surface area contributed by atoms with E-state index in [0.717, 1.165) is 25.7 Å². The first-order chi connectivity index (χ1) is 10.1. The van der Waals surface area contributed by atoms with E-state index < -0.39 is 12.1 Å². The van der Waals surface area contributed by atoms with Crippen LogP contribution in [0.1, 0.15) is 71.1 Å². The second-order valence-corrected chi connectivity index (χ2v) is 5.89. The van der Waals surface area contributed by atoms with Crippen molar-refractivity contribution in [2.24, 2.45) is 0 Å². The second kappa shape index (κ2) is 10.6. The van der Waals surface area contributed by atoms with E-state index >= 15 is 0 Å². The van der Waals surface area contributed by atoms with E-state index in [0.29, 0.717) is 13.0 Å². The van der Waals surface area contributed by atoms with Gasteiger partial charge in [-0.05, 0) is 32.6 Å². The van der Waals surface area contributed by atoms with Crippen LogP contribution < -0.4 is 5.32 Å². The first-order valence-corrected chi connectivity index (χ1v) is 8.24. The minimum absolute atomic E-state index is 0.0579. The first kappa shape index (κ1) is 18.0. The summed E-state index contributed by atoms with van der Waals surface area (Å²) < 4.78 is 5.85. The van der Waals surface area contributed by atoms with Crippen LogP contribution in [0, 0.1) is 0 Å². The van der Waals surface area contributed by atoms with Crippen LogP contribution in [0.4, 0.5) is 0 Å². The maximum absolute atomic E-state index is 11.9. The molecule has 0 aromatic heterocycles. The third-order valence-electron chi connectivity index (χ3n) is 3.93. The predicted molar refractivity (Wildman–Crippen MR) is 81.2 cm³/mol. The Labute approximate surface area is 127 Å². The fraction of sp³-hybridized carbons (Fsp3) is 0.875. The van der Waals surface area contributed by atoms with Crippen LogP contribution in [0.25, 0.3) is 0 Å². The van der Waals surface area contributed by atoms with Gasteiger partial charge < -0.3 is 15.2 Å². The second-order valence-electron chi connectivity index (χ2n) is 5.89. The number of aliphatic carboxylic acids is 1. The molecule has 0 aromatic rings. The minimum Gasteiger partial charge on any atom is -0.481 e. The van der Waals surface area contributed by atoms with E-state index in [1.807, 2.05) is 6.92 Å². The number of hydrogen-bond donors (Lipinski definition) is 2. The van der Waals surface area contributed by atoms with E-state index in [2.05, 4.69) is 5.32 Å². The molecule has 0 heterocycles. The lowest BCUT2D eigenvalue weighted by atomic mass is 10.1. The molecule has 0 bridgehead atoms. The number of rotatable bonds is 9. The lowest BCUT2D eigenvalue weighted by Gasteiger charge is -2.20. The van der Waals surface area contributed by atoms with Gasteiger partial charge in [0.05, 0.1) is 6.10 Å². The Morgan fingerprint density at radius 1 is 1.14 bits per heavy atom. The molecule has 2 N–H and O–H groups in total. The van der Waals surface area contributed by atoms with Crippen LogP contribution >= 0.6 is 0 Å². The lowest BCUT2D eigenvalue weighted by molar-refractivity contribution is -0.137. The Balaban J connectivity index is 2.08. The zero-order chi connectivity index (χ0) is 15.5. The molecule has 21 heavy (non-hydrogen) atoms. The van der Waals surface area contributed by atoms with Crippen LogP contribution in [0.15, 0.2) is 0 Å². The molecule has 0 radical (unpaired) electrons. The van der Waals surface area contributed by atoms with Gasteiger partial charge in [0.1, 0.15) is 6.10 Å². The van der Waals surface area contributed by atoms with Crippen molar-refractivity contribution in [3.05, 3.63) is 0 Å². The average molecular weight is 299 g/mol. The fourth-order valence-corrected chi connectivity index (χ4v) is 2.66. The molecule has 0 saturated heterocycles. The molecule has 1 fully saturated rings. The van der Waals surface area contributed by atoms with Crippen LogP contribution in [0.2, 0.25) is 0 Å². The highest BCUT2D eigenvalue weighted by Gasteiger charge is 2.19. The number of carbonyl (C=O) groups is 2. The largest absolute Gasteiger partial charge is 0.481 e. The van der Waals surface area contributed by atoms with Gasteiger partial charge in [0.2, 0.25) is 5.91 Å². The van der Waals surface area contributed by atoms with Crippen molar-refractivity contribution in [3.63, 3.8) is 0 Å². The van der Waals surface area contributed by atoms with Gasteiger partial charge >= 0.3 is 5.97 Å². The third-order valence-corrected chi connectivity index (χ3v) is 3.93. The van der Waals surface area contributed by atoms with Gasteiger partial charge in [-0.2, -0.15) is 0 Å². The molecule has 1 amide bonds. The van der Waals surface area contributed by atoms with Crippen molar-refractivity contribution >= 4 is 11.9 Å². The van der Waals surface area contributed by atoms with Gasteiger partial charge in [0, 0.05) is 13.0 Å². The highest BCUT2D eigenvalue weighted by atomic mass is 16.5. The van der Waals surface area contributed by atoms with Crippen molar-refractivity contribution < 1.29 is 19.4 Å². The highest BCUT2D eigenvalue weighted by molar-refractivity contribution is 5.80. The summed E-state index contributed by atoms with van der Waals surface area (Å²) in [6.45, 7) is 2.40. The highest BCUT2D eigenvalue weighted by Crippen LogP contribution is 2.20. The number of nitrogens with one attached hydrogen (secondary N) is 1. The van der Waals surface area contributed by atoms with Gasteiger partial charge in [-0.25, -0.2) is 0 Å². The van der Waals surface area contributed by atoms with Crippen molar-refractivity contribution in [2.45, 2.75) is 83.3 Å². The molecule has 1 rings (SSSR count). The fourth-order valence-electron chi connectivity index (χ4n) is 2.66. The van der Waals surface area contributed by atoms with Crippen molar-refractivity contribution in [3.8, 4) is 0 Å². The summed E-state index contributed by atoms with van der Waals surface area (Å²) in [5.74, 6) is -0.818. The van der Waals surface area contributed by atoms with Gasteiger partial charge in [0.15, 0.2) is 0 Å². The third kappa shape index (κ3) is 8.71. The number of ether oxygens (including phenoxy) is 1. The summed E-state index contributed by atoms with van der Waals surface area (Å²) in [5.41, 5.74) is 0. The normalized spacial score (nSPS) is 18.0. The zero-order valence-corrected chi connectivity index (χ0v) is 13.1. The van der Waals surface area contributed by atoms with Gasteiger partial charge in [-0.1, -0.05) is 32.1 Å². The molecular formula is C16H29NO4. The quantitative estimate of drug-likeness (QED) is 0.507. The number of amides is 1. The maximum Gasteiger partial charge on any atom is 0.303 e. The van der Waals surface area contributed by atoms with Crippen molar-refractivity contribution in [1.82, 2.24) is 5.32 Å². The molecule has 0 spiro atoms. The Kier molecular flexibility index (Phi) is 9.06. The SMILES string of the molecule is CC(OC1CCCCCC1)C(=O)NCCCCCC(=O)O. The van der Waals surface area contributed by atoms with Crippen molar-refractivity contribution in [2.75, 3.05) is 6.54 Å². The molecule has 1 aliphatic rings. The van der Waals surface area contributed by atoms with E-state index in [1.165, 1.54) is 25.7 Å². The minimum atomic E-state index is -0.760. The zero-order valence-electron chi connectivity index (χ0n) is 13.1. The van der Waals surface area contributed by atoms with Gasteiger partial charge in [0.25, 0.3) is 0 Å².